The van der Waals surface area contributed by atoms with E-state index in [-0.39, 0.29) is 0 Å². The average Bonchev–Trinajstić information content (AvgIpc) is 2.68. The first-order chi connectivity index (χ1) is 8.15. The minimum absolute atomic E-state index is 0.718. The first kappa shape index (κ1) is 13.3. The van der Waals surface area contributed by atoms with Gasteiger partial charge in [0, 0.05) is 19.1 Å². The normalized spacial score (nSPS) is 32.5. The van der Waals surface area contributed by atoms with E-state index in [1.165, 1.54) is 52.0 Å². The quantitative estimate of drug-likeness (QED) is 0.797. The van der Waals surface area contributed by atoms with Crippen LogP contribution < -0.4 is 5.32 Å². The van der Waals surface area contributed by atoms with Crippen LogP contribution in [-0.2, 0) is 0 Å². The molecular weight excluding hydrogens is 210 g/mol. The topological polar surface area (TPSA) is 18.5 Å². The number of hydrogen-bond acceptors (Lipinski definition) is 3. The van der Waals surface area contributed by atoms with Crippen molar-refractivity contribution in [3.05, 3.63) is 0 Å². The third-order valence-electron chi connectivity index (χ3n) is 4.64. The number of nitrogens with one attached hydrogen (secondary N) is 1. The lowest BCUT2D eigenvalue weighted by Crippen LogP contribution is -2.38. The molecule has 2 heterocycles. The van der Waals surface area contributed by atoms with Gasteiger partial charge in [-0.15, -0.1) is 0 Å². The van der Waals surface area contributed by atoms with E-state index in [0.717, 1.165) is 17.9 Å². The average molecular weight is 239 g/mol. The summed E-state index contributed by atoms with van der Waals surface area (Å²) in [4.78, 5) is 5.03. The van der Waals surface area contributed by atoms with Gasteiger partial charge in [0.15, 0.2) is 0 Å². The Kier molecular flexibility index (Phi) is 4.83. The number of rotatable bonds is 4. The van der Waals surface area contributed by atoms with Crippen LogP contribution in [0.5, 0.6) is 0 Å². The molecule has 0 amide bonds. The van der Waals surface area contributed by atoms with Crippen molar-refractivity contribution in [2.75, 3.05) is 46.8 Å². The van der Waals surface area contributed by atoms with Crippen molar-refractivity contribution in [1.29, 1.82) is 0 Å². The summed E-state index contributed by atoms with van der Waals surface area (Å²) in [5.41, 5.74) is 0. The fraction of sp³-hybridized carbons (Fsp3) is 1.00. The molecule has 3 nitrogen and oxygen atoms in total. The molecule has 2 fully saturated rings. The summed E-state index contributed by atoms with van der Waals surface area (Å²) < 4.78 is 0. The van der Waals surface area contributed by atoms with Crippen LogP contribution in [0.2, 0.25) is 0 Å². The fourth-order valence-corrected chi connectivity index (χ4v) is 3.32. The van der Waals surface area contributed by atoms with Crippen LogP contribution in [0.4, 0.5) is 0 Å². The molecule has 3 heteroatoms. The summed E-state index contributed by atoms with van der Waals surface area (Å²) >= 11 is 0. The lowest BCUT2D eigenvalue weighted by atomic mass is 9.95. The van der Waals surface area contributed by atoms with Crippen molar-refractivity contribution < 1.29 is 0 Å². The van der Waals surface area contributed by atoms with Crippen molar-refractivity contribution in [1.82, 2.24) is 15.1 Å². The monoisotopic (exact) mass is 239 g/mol. The molecule has 0 spiro atoms. The highest BCUT2D eigenvalue weighted by Gasteiger charge is 2.25. The van der Waals surface area contributed by atoms with Crippen LogP contribution in [0.3, 0.4) is 0 Å². The van der Waals surface area contributed by atoms with E-state index in [2.05, 4.69) is 36.1 Å². The third-order valence-corrected chi connectivity index (χ3v) is 4.64. The highest BCUT2D eigenvalue weighted by atomic mass is 15.1. The Labute approximate surface area is 107 Å². The first-order valence-corrected chi connectivity index (χ1v) is 7.25. The maximum absolute atomic E-state index is 3.55. The van der Waals surface area contributed by atoms with Crippen molar-refractivity contribution in [2.45, 2.75) is 32.2 Å². The van der Waals surface area contributed by atoms with Gasteiger partial charge in [0.25, 0.3) is 0 Å². The SMILES string of the molecule is CC1NCCC1CN(C)CC1CCN(C)CC1. The Balaban J connectivity index is 1.68. The largest absolute Gasteiger partial charge is 0.314 e. The molecule has 2 aliphatic heterocycles. The Morgan fingerprint density at radius 1 is 1.18 bits per heavy atom. The number of likely N-dealkylation sites (tertiary alicyclic amines) is 1. The molecule has 0 saturated carbocycles. The Hall–Kier alpha value is -0.120. The lowest BCUT2D eigenvalue weighted by molar-refractivity contribution is 0.163. The summed E-state index contributed by atoms with van der Waals surface area (Å²) in [5, 5.41) is 3.55. The Morgan fingerprint density at radius 2 is 1.88 bits per heavy atom. The first-order valence-electron chi connectivity index (χ1n) is 7.25. The second-order valence-electron chi connectivity index (χ2n) is 6.26. The molecule has 0 radical (unpaired) electrons. The molecule has 2 saturated heterocycles. The molecule has 0 aromatic carbocycles. The van der Waals surface area contributed by atoms with Gasteiger partial charge in [-0.3, -0.25) is 0 Å². The zero-order valence-electron chi connectivity index (χ0n) is 11.8. The maximum Gasteiger partial charge on any atom is 0.00796 e. The summed E-state index contributed by atoms with van der Waals surface area (Å²) in [7, 11) is 4.55. The minimum atomic E-state index is 0.718. The highest BCUT2D eigenvalue weighted by molar-refractivity contribution is 4.82. The van der Waals surface area contributed by atoms with Gasteiger partial charge >= 0.3 is 0 Å². The van der Waals surface area contributed by atoms with E-state index < -0.39 is 0 Å². The molecule has 0 aliphatic carbocycles. The number of nitrogens with zero attached hydrogens (tertiary/aromatic N) is 2. The van der Waals surface area contributed by atoms with Gasteiger partial charge in [-0.05, 0) is 71.8 Å². The van der Waals surface area contributed by atoms with Crippen LogP contribution in [0.25, 0.3) is 0 Å². The molecular formula is C14H29N3. The van der Waals surface area contributed by atoms with E-state index in [4.69, 9.17) is 0 Å². The van der Waals surface area contributed by atoms with Crippen LogP contribution in [0.15, 0.2) is 0 Å². The summed E-state index contributed by atoms with van der Waals surface area (Å²) in [6, 6.07) is 0.718. The smallest absolute Gasteiger partial charge is 0.00796 e. The second kappa shape index (κ2) is 6.17. The Bertz CT molecular complexity index is 224. The zero-order valence-corrected chi connectivity index (χ0v) is 11.8. The van der Waals surface area contributed by atoms with Gasteiger partial charge in [-0.25, -0.2) is 0 Å². The predicted octanol–water partition coefficient (Wildman–Crippen LogP) is 1.26. The summed E-state index contributed by atoms with van der Waals surface area (Å²) in [6.45, 7) is 8.71. The molecule has 2 atom stereocenters. The third kappa shape index (κ3) is 3.94. The standard InChI is InChI=1S/C14H29N3/c1-12-14(4-7-15-12)11-17(3)10-13-5-8-16(2)9-6-13/h12-15H,4-11H2,1-3H3. The number of piperidine rings is 1. The fourth-order valence-electron chi connectivity index (χ4n) is 3.32. The molecule has 2 unspecified atom stereocenters. The van der Waals surface area contributed by atoms with Crippen LogP contribution in [0, 0.1) is 11.8 Å². The lowest BCUT2D eigenvalue weighted by Gasteiger charge is -2.32. The van der Waals surface area contributed by atoms with E-state index in [9.17, 15) is 0 Å². The summed E-state index contributed by atoms with van der Waals surface area (Å²) in [5.74, 6) is 1.80. The van der Waals surface area contributed by atoms with Crippen LogP contribution in [0.1, 0.15) is 26.2 Å². The predicted molar refractivity (Wildman–Crippen MR) is 73.3 cm³/mol. The molecule has 0 aromatic heterocycles. The van der Waals surface area contributed by atoms with Gasteiger partial charge in [-0.2, -0.15) is 0 Å². The molecule has 100 valence electrons. The van der Waals surface area contributed by atoms with E-state index >= 15 is 0 Å². The second-order valence-corrected chi connectivity index (χ2v) is 6.26. The van der Waals surface area contributed by atoms with Crippen molar-refractivity contribution in [3.63, 3.8) is 0 Å². The maximum atomic E-state index is 3.55. The molecule has 2 rings (SSSR count). The molecule has 2 aliphatic rings. The molecule has 1 N–H and O–H groups in total. The molecule has 0 bridgehead atoms. The highest BCUT2D eigenvalue weighted by Crippen LogP contribution is 2.20. The van der Waals surface area contributed by atoms with Crippen molar-refractivity contribution in [2.24, 2.45) is 11.8 Å². The van der Waals surface area contributed by atoms with Gasteiger partial charge in [0.1, 0.15) is 0 Å². The van der Waals surface area contributed by atoms with Crippen LogP contribution >= 0.6 is 0 Å². The van der Waals surface area contributed by atoms with Gasteiger partial charge in [-0.1, -0.05) is 0 Å². The van der Waals surface area contributed by atoms with Crippen LogP contribution in [-0.4, -0.2) is 62.7 Å². The van der Waals surface area contributed by atoms with Gasteiger partial charge in [0.05, 0.1) is 0 Å². The molecule has 17 heavy (non-hydrogen) atoms. The summed E-state index contributed by atoms with van der Waals surface area (Å²) in [6.07, 6.45) is 4.14. The van der Waals surface area contributed by atoms with E-state index in [1.807, 2.05) is 0 Å². The Morgan fingerprint density at radius 3 is 2.47 bits per heavy atom. The zero-order chi connectivity index (χ0) is 12.3. The van der Waals surface area contributed by atoms with E-state index in [0.29, 0.717) is 0 Å². The number of hydrogen-bond donors (Lipinski definition) is 1. The van der Waals surface area contributed by atoms with E-state index in [1.54, 1.807) is 0 Å². The van der Waals surface area contributed by atoms with Gasteiger partial charge < -0.3 is 15.1 Å². The van der Waals surface area contributed by atoms with Crippen molar-refractivity contribution in [3.8, 4) is 0 Å². The van der Waals surface area contributed by atoms with Crippen molar-refractivity contribution >= 4 is 0 Å². The minimum Gasteiger partial charge on any atom is -0.314 e. The molecule has 0 aromatic rings. The van der Waals surface area contributed by atoms with Gasteiger partial charge in [0.2, 0.25) is 0 Å².